The molecule has 19 heavy (non-hydrogen) atoms. The van der Waals surface area contributed by atoms with Gasteiger partial charge in [-0.05, 0) is 12.6 Å². The number of hydrogen-bond donors (Lipinski definition) is 2. The average molecular weight is 279 g/mol. The minimum absolute atomic E-state index is 0.0223. The predicted octanol–water partition coefficient (Wildman–Crippen LogP) is 1.13. The van der Waals surface area contributed by atoms with Crippen LogP contribution in [0.25, 0.3) is 0 Å². The van der Waals surface area contributed by atoms with Gasteiger partial charge in [-0.25, -0.2) is 0 Å². The van der Waals surface area contributed by atoms with Crippen molar-refractivity contribution in [3.8, 4) is 0 Å². The van der Waals surface area contributed by atoms with Crippen LogP contribution in [0.2, 0.25) is 0 Å². The van der Waals surface area contributed by atoms with Gasteiger partial charge in [-0.1, -0.05) is 43.4 Å². The van der Waals surface area contributed by atoms with Gasteiger partial charge in [0.15, 0.2) is 0 Å². The van der Waals surface area contributed by atoms with Gasteiger partial charge in [0.2, 0.25) is 5.91 Å². The molecule has 104 valence electrons. The lowest BCUT2D eigenvalue weighted by atomic mass is 10.1. The summed E-state index contributed by atoms with van der Waals surface area (Å²) in [7, 11) is 3.66. The summed E-state index contributed by atoms with van der Waals surface area (Å²) >= 11 is 4.92. The zero-order valence-electron chi connectivity index (χ0n) is 11.6. The molecule has 0 aromatic heterocycles. The maximum Gasteiger partial charge on any atom is 0.223 e. The minimum atomic E-state index is -0.0223. The van der Waals surface area contributed by atoms with Crippen molar-refractivity contribution in [2.24, 2.45) is 11.7 Å². The Balaban J connectivity index is 2.54. The molecule has 0 fully saturated rings. The Morgan fingerprint density at radius 3 is 2.47 bits per heavy atom. The minimum Gasteiger partial charge on any atom is -0.389 e. The molecule has 0 spiro atoms. The van der Waals surface area contributed by atoms with Crippen LogP contribution in [0.5, 0.6) is 0 Å². The van der Waals surface area contributed by atoms with Gasteiger partial charge in [-0.3, -0.25) is 4.79 Å². The molecule has 0 saturated heterocycles. The second kappa shape index (κ2) is 7.21. The van der Waals surface area contributed by atoms with E-state index in [0.29, 0.717) is 4.99 Å². The van der Waals surface area contributed by atoms with E-state index in [9.17, 15) is 4.79 Å². The number of carbonyl (C=O) groups excluding carboxylic acids is 1. The summed E-state index contributed by atoms with van der Waals surface area (Å²) < 4.78 is 0. The Kier molecular flexibility index (Phi) is 5.92. The highest BCUT2D eigenvalue weighted by molar-refractivity contribution is 7.80. The molecule has 1 aromatic rings. The van der Waals surface area contributed by atoms with Crippen molar-refractivity contribution in [2.45, 2.75) is 13.5 Å². The van der Waals surface area contributed by atoms with Crippen molar-refractivity contribution in [2.75, 3.05) is 20.6 Å². The van der Waals surface area contributed by atoms with Crippen molar-refractivity contribution in [3.63, 3.8) is 0 Å². The third-order valence-corrected chi connectivity index (χ3v) is 3.21. The fraction of sp³-hybridized carbons (Fsp3) is 0.429. The van der Waals surface area contributed by atoms with Crippen LogP contribution in [-0.2, 0) is 11.3 Å². The van der Waals surface area contributed by atoms with E-state index < -0.39 is 0 Å². The summed E-state index contributed by atoms with van der Waals surface area (Å²) in [6.45, 7) is 3.43. The van der Waals surface area contributed by atoms with E-state index in [0.717, 1.165) is 18.7 Å². The van der Waals surface area contributed by atoms with E-state index in [1.54, 1.807) is 7.05 Å². The zero-order valence-corrected chi connectivity index (χ0v) is 12.5. The van der Waals surface area contributed by atoms with Gasteiger partial charge < -0.3 is 16.0 Å². The van der Waals surface area contributed by atoms with Crippen LogP contribution in [0, 0.1) is 5.92 Å². The molecule has 1 aromatic carbocycles. The average Bonchev–Trinajstić information content (AvgIpc) is 2.38. The van der Waals surface area contributed by atoms with Gasteiger partial charge in [0.05, 0.1) is 0 Å². The number of nitrogens with two attached hydrogens (primary N) is 1. The fourth-order valence-electron chi connectivity index (χ4n) is 1.95. The summed E-state index contributed by atoms with van der Waals surface area (Å²) in [5, 5.41) is 2.66. The second-order valence-electron chi connectivity index (χ2n) is 4.77. The molecule has 0 aliphatic carbocycles. The Morgan fingerprint density at radius 2 is 2.00 bits per heavy atom. The monoisotopic (exact) mass is 279 g/mol. The van der Waals surface area contributed by atoms with E-state index in [2.05, 4.69) is 10.2 Å². The highest BCUT2D eigenvalue weighted by Gasteiger charge is 2.13. The Bertz CT molecular complexity index is 445. The standard InChI is InChI=1S/C14H21N3OS/c1-10(14(18)16-2)8-17(3)9-11-4-6-12(7-5-11)13(15)19/h4-7,10H,8-9H2,1-3H3,(H2,15,19)(H,16,18). The maximum atomic E-state index is 11.5. The molecule has 0 bridgehead atoms. The van der Waals surface area contributed by atoms with E-state index in [1.165, 1.54) is 5.56 Å². The van der Waals surface area contributed by atoms with Crippen LogP contribution >= 0.6 is 12.2 Å². The molecule has 1 atom stereocenters. The fourth-order valence-corrected chi connectivity index (χ4v) is 2.08. The largest absolute Gasteiger partial charge is 0.389 e. The van der Waals surface area contributed by atoms with Gasteiger partial charge in [-0.15, -0.1) is 0 Å². The lowest BCUT2D eigenvalue weighted by Crippen LogP contribution is -2.34. The SMILES string of the molecule is CNC(=O)C(C)CN(C)Cc1ccc(C(N)=S)cc1. The molecule has 1 amide bonds. The van der Waals surface area contributed by atoms with E-state index in [-0.39, 0.29) is 11.8 Å². The topological polar surface area (TPSA) is 58.4 Å². The van der Waals surface area contributed by atoms with E-state index in [1.807, 2.05) is 38.2 Å². The molecule has 1 rings (SSSR count). The van der Waals surface area contributed by atoms with Crippen LogP contribution in [0.4, 0.5) is 0 Å². The van der Waals surface area contributed by atoms with Crippen LogP contribution < -0.4 is 11.1 Å². The zero-order chi connectivity index (χ0) is 14.4. The molecule has 0 saturated carbocycles. The maximum absolute atomic E-state index is 11.5. The molecule has 0 aliphatic heterocycles. The molecular formula is C14H21N3OS. The molecule has 5 heteroatoms. The first-order chi connectivity index (χ1) is 8.93. The number of benzene rings is 1. The summed E-state index contributed by atoms with van der Waals surface area (Å²) in [4.78, 5) is 14.0. The number of hydrogen-bond acceptors (Lipinski definition) is 3. The van der Waals surface area contributed by atoms with Gasteiger partial charge in [0, 0.05) is 31.6 Å². The first kappa shape index (κ1) is 15.6. The summed E-state index contributed by atoms with van der Waals surface area (Å²) in [6.07, 6.45) is 0. The van der Waals surface area contributed by atoms with Crippen molar-refractivity contribution < 1.29 is 4.79 Å². The normalized spacial score (nSPS) is 12.2. The van der Waals surface area contributed by atoms with Crippen LogP contribution in [0.1, 0.15) is 18.1 Å². The van der Waals surface area contributed by atoms with Gasteiger partial charge in [0.1, 0.15) is 4.99 Å². The Hall–Kier alpha value is -1.46. The lowest BCUT2D eigenvalue weighted by Gasteiger charge is -2.20. The van der Waals surface area contributed by atoms with E-state index >= 15 is 0 Å². The summed E-state index contributed by atoms with van der Waals surface area (Å²) in [6, 6.07) is 7.87. The van der Waals surface area contributed by atoms with Crippen LogP contribution in [0.15, 0.2) is 24.3 Å². The molecule has 0 aliphatic rings. The molecule has 4 nitrogen and oxygen atoms in total. The van der Waals surface area contributed by atoms with Crippen molar-refractivity contribution in [1.82, 2.24) is 10.2 Å². The Labute approximate surface area is 120 Å². The molecule has 1 unspecified atom stereocenters. The third kappa shape index (κ3) is 4.96. The molecule has 0 radical (unpaired) electrons. The molecular weight excluding hydrogens is 258 g/mol. The van der Waals surface area contributed by atoms with Gasteiger partial charge >= 0.3 is 0 Å². The van der Waals surface area contributed by atoms with Crippen molar-refractivity contribution in [1.29, 1.82) is 0 Å². The van der Waals surface area contributed by atoms with E-state index in [4.69, 9.17) is 18.0 Å². The lowest BCUT2D eigenvalue weighted by molar-refractivity contribution is -0.124. The third-order valence-electron chi connectivity index (χ3n) is 2.97. The van der Waals surface area contributed by atoms with Crippen molar-refractivity contribution in [3.05, 3.63) is 35.4 Å². The highest BCUT2D eigenvalue weighted by atomic mass is 32.1. The number of carbonyl (C=O) groups is 1. The van der Waals surface area contributed by atoms with Gasteiger partial charge in [0.25, 0.3) is 0 Å². The quantitative estimate of drug-likeness (QED) is 0.767. The summed E-state index contributed by atoms with van der Waals surface area (Å²) in [5.74, 6) is 0.0431. The highest BCUT2D eigenvalue weighted by Crippen LogP contribution is 2.08. The number of rotatable bonds is 6. The number of amides is 1. The first-order valence-electron chi connectivity index (χ1n) is 6.23. The Morgan fingerprint density at radius 1 is 1.42 bits per heavy atom. The second-order valence-corrected chi connectivity index (χ2v) is 5.21. The predicted molar refractivity (Wildman–Crippen MR) is 81.9 cm³/mol. The first-order valence-corrected chi connectivity index (χ1v) is 6.63. The molecule has 3 N–H and O–H groups in total. The van der Waals surface area contributed by atoms with Crippen molar-refractivity contribution >= 4 is 23.1 Å². The van der Waals surface area contributed by atoms with Crippen LogP contribution in [-0.4, -0.2) is 36.4 Å². The number of thiocarbonyl (C=S) groups is 1. The summed E-state index contributed by atoms with van der Waals surface area (Å²) in [5.41, 5.74) is 7.60. The van der Waals surface area contributed by atoms with Crippen LogP contribution in [0.3, 0.4) is 0 Å². The number of nitrogens with one attached hydrogen (secondary N) is 1. The molecule has 0 heterocycles. The smallest absolute Gasteiger partial charge is 0.223 e. The number of nitrogens with zero attached hydrogens (tertiary/aromatic N) is 1. The van der Waals surface area contributed by atoms with Gasteiger partial charge in [-0.2, -0.15) is 0 Å².